The molecule has 0 saturated heterocycles. The number of hydrogen-bond donors (Lipinski definition) is 1. The van der Waals surface area contributed by atoms with Gasteiger partial charge in [0.2, 0.25) is 4.90 Å². The Hall–Kier alpha value is -2.65. The van der Waals surface area contributed by atoms with Gasteiger partial charge in [-0.2, -0.15) is 9.82 Å². The number of aryl methyl sites for hydroxylation is 1. The Morgan fingerprint density at radius 2 is 2.14 bits per heavy atom. The molecule has 1 fully saturated rings. The van der Waals surface area contributed by atoms with Crippen LogP contribution < -0.4 is 9.46 Å². The third-order valence-corrected chi connectivity index (χ3v) is 5.99. The molecule has 0 spiro atoms. The zero-order chi connectivity index (χ0) is 19.5. The lowest BCUT2D eigenvalue weighted by molar-refractivity contribution is 0.186. The maximum atomic E-state index is 14.6. The van der Waals surface area contributed by atoms with Gasteiger partial charge in [-0.25, -0.2) is 14.4 Å². The molecular formula is C19H20FN5O2S. The summed E-state index contributed by atoms with van der Waals surface area (Å²) in [6, 6.07) is 7.97. The van der Waals surface area contributed by atoms with Crippen LogP contribution in [0.2, 0.25) is 0 Å². The minimum atomic E-state index is -1.77. The second-order valence-corrected chi connectivity index (χ2v) is 7.81. The molecule has 3 atom stereocenters. The quantitative estimate of drug-likeness (QED) is 0.638. The SMILES string of the molecule is Cn1nccc1[C@H]1CCC[C@@H]1Oc1ccc([S+]([O-])Nc2ccncn2)c(F)c1. The molecule has 1 aromatic carbocycles. The topological polar surface area (TPSA) is 87.9 Å². The summed E-state index contributed by atoms with van der Waals surface area (Å²) in [6.07, 6.45) is 7.54. The van der Waals surface area contributed by atoms with Crippen LogP contribution in [0.3, 0.4) is 0 Å². The van der Waals surface area contributed by atoms with Crippen molar-refractivity contribution in [1.29, 1.82) is 0 Å². The van der Waals surface area contributed by atoms with E-state index in [1.807, 2.05) is 17.8 Å². The lowest BCUT2D eigenvalue weighted by atomic mass is 10.0. The van der Waals surface area contributed by atoms with Gasteiger partial charge in [0.05, 0.1) is 0 Å². The summed E-state index contributed by atoms with van der Waals surface area (Å²) in [5, 5.41) is 4.23. The molecule has 146 valence electrons. The van der Waals surface area contributed by atoms with E-state index in [9.17, 15) is 8.94 Å². The third-order valence-electron chi connectivity index (χ3n) is 4.86. The number of nitrogens with zero attached hydrogens (tertiary/aromatic N) is 4. The Bertz CT molecular complexity index is 939. The molecule has 7 nitrogen and oxygen atoms in total. The zero-order valence-corrected chi connectivity index (χ0v) is 16.1. The molecule has 0 amide bonds. The van der Waals surface area contributed by atoms with Crippen LogP contribution in [-0.4, -0.2) is 30.4 Å². The van der Waals surface area contributed by atoms with Gasteiger partial charge in [0.25, 0.3) is 0 Å². The van der Waals surface area contributed by atoms with Crippen molar-refractivity contribution >= 4 is 17.2 Å². The summed E-state index contributed by atoms with van der Waals surface area (Å²) in [7, 11) is 1.92. The number of nitrogens with one attached hydrogen (secondary N) is 1. The van der Waals surface area contributed by atoms with Crippen molar-refractivity contribution in [2.24, 2.45) is 7.05 Å². The Kier molecular flexibility index (Phi) is 5.45. The maximum absolute atomic E-state index is 14.6. The molecular weight excluding hydrogens is 381 g/mol. The van der Waals surface area contributed by atoms with Crippen LogP contribution in [0.25, 0.3) is 0 Å². The van der Waals surface area contributed by atoms with Crippen LogP contribution in [0, 0.1) is 5.82 Å². The molecule has 2 heterocycles. The smallest absolute Gasteiger partial charge is 0.215 e. The summed E-state index contributed by atoms with van der Waals surface area (Å²) >= 11 is -1.77. The molecule has 4 rings (SSSR count). The maximum Gasteiger partial charge on any atom is 0.215 e. The highest BCUT2D eigenvalue weighted by Crippen LogP contribution is 2.37. The van der Waals surface area contributed by atoms with E-state index in [0.29, 0.717) is 11.6 Å². The molecule has 28 heavy (non-hydrogen) atoms. The first-order valence-electron chi connectivity index (χ1n) is 9.00. The van der Waals surface area contributed by atoms with E-state index >= 15 is 0 Å². The van der Waals surface area contributed by atoms with Crippen LogP contribution in [0.15, 0.2) is 53.9 Å². The fraction of sp³-hybridized carbons (Fsp3) is 0.316. The minimum Gasteiger partial charge on any atom is -0.588 e. The highest BCUT2D eigenvalue weighted by atomic mass is 32.2. The summed E-state index contributed by atoms with van der Waals surface area (Å²) in [5.41, 5.74) is 1.12. The Morgan fingerprint density at radius 1 is 1.25 bits per heavy atom. The van der Waals surface area contributed by atoms with Gasteiger partial charge >= 0.3 is 0 Å². The van der Waals surface area contributed by atoms with Gasteiger partial charge in [-0.1, -0.05) is 0 Å². The number of halogens is 1. The van der Waals surface area contributed by atoms with Crippen LogP contribution >= 0.6 is 0 Å². The summed E-state index contributed by atoms with van der Waals surface area (Å²) < 4.78 is 37.5. The highest BCUT2D eigenvalue weighted by Gasteiger charge is 2.32. The first-order chi connectivity index (χ1) is 13.6. The van der Waals surface area contributed by atoms with E-state index in [2.05, 4.69) is 19.8 Å². The number of aromatic nitrogens is 4. The summed E-state index contributed by atoms with van der Waals surface area (Å²) in [5.74, 6) is 0.425. The molecule has 3 aromatic rings. The molecule has 9 heteroatoms. The molecule has 1 aliphatic rings. The molecule has 1 saturated carbocycles. The lowest BCUT2D eigenvalue weighted by Gasteiger charge is -2.22. The number of ether oxygens (including phenoxy) is 1. The molecule has 1 aliphatic carbocycles. The van der Waals surface area contributed by atoms with Gasteiger partial charge in [-0.15, -0.1) is 0 Å². The van der Waals surface area contributed by atoms with Crippen molar-refractivity contribution in [3.05, 3.63) is 60.6 Å². The number of benzene rings is 1. The van der Waals surface area contributed by atoms with E-state index < -0.39 is 17.2 Å². The standard InChI is InChI=1S/C19H20FN5O2S/c1-25-16(7-10-23-25)14-3-2-4-17(14)27-13-5-6-18(15(20)11-13)28(26)24-19-8-9-21-12-22-19/h5-12,14,17H,2-4H2,1H3,(H,21,22,24)/t14-,17+,28?/m1/s1. The molecule has 0 bridgehead atoms. The van der Waals surface area contributed by atoms with Gasteiger partial charge < -0.3 is 9.29 Å². The van der Waals surface area contributed by atoms with E-state index in [-0.39, 0.29) is 16.9 Å². The number of anilines is 1. The third kappa shape index (κ3) is 3.95. The fourth-order valence-corrected chi connectivity index (χ4v) is 4.38. The summed E-state index contributed by atoms with van der Waals surface area (Å²) in [4.78, 5) is 7.76. The van der Waals surface area contributed by atoms with E-state index in [1.165, 1.54) is 24.7 Å². The second kappa shape index (κ2) is 8.15. The molecule has 1 unspecified atom stereocenters. The van der Waals surface area contributed by atoms with E-state index in [1.54, 1.807) is 18.3 Å². The second-order valence-electron chi connectivity index (χ2n) is 6.63. The number of rotatable bonds is 6. The highest BCUT2D eigenvalue weighted by molar-refractivity contribution is 7.92. The van der Waals surface area contributed by atoms with Gasteiger partial charge in [0, 0.05) is 49.3 Å². The largest absolute Gasteiger partial charge is 0.588 e. The molecule has 1 N–H and O–H groups in total. The summed E-state index contributed by atoms with van der Waals surface area (Å²) in [6.45, 7) is 0. The van der Waals surface area contributed by atoms with Crippen molar-refractivity contribution in [2.45, 2.75) is 36.2 Å². The van der Waals surface area contributed by atoms with Crippen molar-refractivity contribution in [3.63, 3.8) is 0 Å². The predicted octanol–water partition coefficient (Wildman–Crippen LogP) is 3.20. The van der Waals surface area contributed by atoms with Crippen molar-refractivity contribution in [2.75, 3.05) is 4.72 Å². The fourth-order valence-electron chi connectivity index (χ4n) is 3.53. The first kappa shape index (κ1) is 18.7. The normalized spacial score (nSPS) is 20.1. The van der Waals surface area contributed by atoms with Gasteiger partial charge in [0.1, 0.15) is 29.5 Å². The van der Waals surface area contributed by atoms with Crippen LogP contribution in [0.1, 0.15) is 30.9 Å². The van der Waals surface area contributed by atoms with E-state index in [0.717, 1.165) is 25.0 Å². The Morgan fingerprint density at radius 3 is 2.86 bits per heavy atom. The average Bonchev–Trinajstić information content (AvgIpc) is 3.31. The number of hydrogen-bond acceptors (Lipinski definition) is 6. The zero-order valence-electron chi connectivity index (χ0n) is 15.3. The van der Waals surface area contributed by atoms with Gasteiger partial charge in [0.15, 0.2) is 11.6 Å². The van der Waals surface area contributed by atoms with Gasteiger partial charge in [-0.05, 0) is 31.4 Å². The Labute approximate surface area is 165 Å². The monoisotopic (exact) mass is 401 g/mol. The minimum absolute atomic E-state index is 0.0368. The van der Waals surface area contributed by atoms with Gasteiger partial charge in [-0.3, -0.25) is 4.68 Å². The van der Waals surface area contributed by atoms with Crippen LogP contribution in [-0.2, 0) is 18.4 Å². The van der Waals surface area contributed by atoms with Crippen LogP contribution in [0.4, 0.5) is 10.2 Å². The van der Waals surface area contributed by atoms with E-state index in [4.69, 9.17) is 4.74 Å². The molecule has 0 radical (unpaired) electrons. The van der Waals surface area contributed by atoms with Crippen LogP contribution in [0.5, 0.6) is 5.75 Å². The van der Waals surface area contributed by atoms with Crippen molar-refractivity contribution in [1.82, 2.24) is 19.7 Å². The Balaban J connectivity index is 1.46. The lowest BCUT2D eigenvalue weighted by Crippen LogP contribution is -2.22. The molecule has 2 aromatic heterocycles. The first-order valence-corrected chi connectivity index (χ1v) is 10.2. The predicted molar refractivity (Wildman–Crippen MR) is 103 cm³/mol. The average molecular weight is 401 g/mol. The van der Waals surface area contributed by atoms with Crippen molar-refractivity contribution in [3.8, 4) is 5.75 Å². The van der Waals surface area contributed by atoms with Crippen molar-refractivity contribution < 1.29 is 13.7 Å². The molecule has 0 aliphatic heterocycles.